The summed E-state index contributed by atoms with van der Waals surface area (Å²) in [7, 11) is -1.50. The van der Waals surface area contributed by atoms with E-state index in [0.29, 0.717) is 5.46 Å². The fourth-order valence-electron chi connectivity index (χ4n) is 2.00. The molecule has 0 atom stereocenters. The molecule has 5 heteroatoms. The van der Waals surface area contributed by atoms with Crippen molar-refractivity contribution in [1.82, 2.24) is 0 Å². The van der Waals surface area contributed by atoms with Crippen molar-refractivity contribution in [2.75, 3.05) is 0 Å². The van der Waals surface area contributed by atoms with E-state index in [-0.39, 0.29) is 12.4 Å². The zero-order valence-corrected chi connectivity index (χ0v) is 9.23. The molecule has 0 amide bonds. The smallest absolute Gasteiger partial charge is 0.455 e. The molecule has 2 rings (SSSR count). The zero-order valence-electron chi connectivity index (χ0n) is 9.23. The Morgan fingerprint density at radius 1 is 1.38 bits per heavy atom. The largest absolute Gasteiger partial charge is 0.488 e. The van der Waals surface area contributed by atoms with E-state index in [1.807, 2.05) is 0 Å². The van der Waals surface area contributed by atoms with Crippen molar-refractivity contribution < 1.29 is 19.6 Å². The number of ether oxygens (including phenoxy) is 1. The van der Waals surface area contributed by atoms with E-state index < -0.39 is 12.7 Å². The minimum absolute atomic E-state index is 0.237. The normalized spacial score (nSPS) is 17.6. The van der Waals surface area contributed by atoms with Crippen molar-refractivity contribution in [1.29, 1.82) is 0 Å². The Kier molecular flexibility index (Phi) is 2.52. The summed E-state index contributed by atoms with van der Waals surface area (Å²) in [6.45, 7) is 3.58. The predicted octanol–water partition coefficient (Wildman–Crippen LogP) is -0.299. The van der Waals surface area contributed by atoms with Gasteiger partial charge in [0, 0.05) is 0 Å². The number of rotatable bonds is 1. The van der Waals surface area contributed by atoms with Crippen molar-refractivity contribution in [3.8, 4) is 0 Å². The van der Waals surface area contributed by atoms with Crippen molar-refractivity contribution >= 4 is 18.6 Å². The van der Waals surface area contributed by atoms with Crippen LogP contribution in [0.15, 0.2) is 18.2 Å². The highest BCUT2D eigenvalue weighted by Gasteiger charge is 2.34. The Bertz CT molecular complexity index is 440. The maximum atomic E-state index is 11.3. The third kappa shape index (κ3) is 1.84. The van der Waals surface area contributed by atoms with Gasteiger partial charge in [0.15, 0.2) is 0 Å². The molecule has 0 aromatic heterocycles. The van der Waals surface area contributed by atoms with Crippen molar-refractivity contribution in [2.24, 2.45) is 0 Å². The van der Waals surface area contributed by atoms with Gasteiger partial charge in [0.2, 0.25) is 0 Å². The van der Waals surface area contributed by atoms with E-state index in [4.69, 9.17) is 14.8 Å². The topological polar surface area (TPSA) is 66.8 Å². The minimum atomic E-state index is -1.50. The van der Waals surface area contributed by atoms with Crippen LogP contribution in [-0.4, -0.2) is 23.1 Å². The molecule has 0 saturated carbocycles. The van der Waals surface area contributed by atoms with Crippen LogP contribution in [0.2, 0.25) is 0 Å². The van der Waals surface area contributed by atoms with E-state index in [0.717, 1.165) is 11.1 Å². The molecule has 0 radical (unpaired) electrons. The summed E-state index contributed by atoms with van der Waals surface area (Å²) in [6, 6.07) is 5.02. The first-order valence-electron chi connectivity index (χ1n) is 5.11. The number of fused-ring (bicyclic) bond motifs is 1. The molecule has 0 fully saturated rings. The molecule has 1 aromatic carbocycles. The van der Waals surface area contributed by atoms with Gasteiger partial charge in [0.25, 0.3) is 0 Å². The maximum Gasteiger partial charge on any atom is 0.488 e. The first kappa shape index (κ1) is 11.2. The van der Waals surface area contributed by atoms with Crippen LogP contribution in [0.1, 0.15) is 25.0 Å². The first-order valence-corrected chi connectivity index (χ1v) is 5.11. The highest BCUT2D eigenvalue weighted by atomic mass is 16.6. The third-order valence-corrected chi connectivity index (χ3v) is 2.78. The Morgan fingerprint density at radius 2 is 2.06 bits per heavy atom. The molecule has 84 valence electrons. The molecular formula is C11H13BO4. The van der Waals surface area contributed by atoms with E-state index in [1.165, 1.54) is 0 Å². The van der Waals surface area contributed by atoms with Crippen LogP contribution in [0, 0.1) is 0 Å². The molecule has 0 aliphatic carbocycles. The lowest BCUT2D eigenvalue weighted by molar-refractivity contribution is -0.158. The Morgan fingerprint density at radius 3 is 2.69 bits per heavy atom. The van der Waals surface area contributed by atoms with Gasteiger partial charge in [-0.15, -0.1) is 0 Å². The highest BCUT2D eigenvalue weighted by Crippen LogP contribution is 2.32. The summed E-state index contributed by atoms with van der Waals surface area (Å²) in [4.78, 5) is 11.3. The molecule has 1 aromatic rings. The van der Waals surface area contributed by atoms with Crippen LogP contribution in [0.25, 0.3) is 0 Å². The van der Waals surface area contributed by atoms with E-state index in [2.05, 4.69) is 0 Å². The van der Waals surface area contributed by atoms with E-state index in [1.54, 1.807) is 32.0 Å². The van der Waals surface area contributed by atoms with Gasteiger partial charge in [0.05, 0.1) is 6.42 Å². The van der Waals surface area contributed by atoms with Gasteiger partial charge in [0.1, 0.15) is 5.60 Å². The van der Waals surface area contributed by atoms with Gasteiger partial charge in [-0.2, -0.15) is 0 Å². The lowest BCUT2D eigenvalue weighted by Gasteiger charge is -2.32. The third-order valence-electron chi connectivity index (χ3n) is 2.78. The SMILES string of the molecule is CC1(C)OC(=O)Cc2ccc(B(O)O)cc21. The lowest BCUT2D eigenvalue weighted by Crippen LogP contribution is -2.37. The number of carbonyl (C=O) groups is 1. The van der Waals surface area contributed by atoms with E-state index in [9.17, 15) is 4.79 Å². The second-order valence-electron chi connectivity index (χ2n) is 4.45. The summed E-state index contributed by atoms with van der Waals surface area (Å²) in [5.74, 6) is -0.255. The monoisotopic (exact) mass is 220 g/mol. The molecule has 2 N–H and O–H groups in total. The zero-order chi connectivity index (χ0) is 11.9. The standard InChI is InChI=1S/C11H13BO4/c1-11(2)9-6-8(12(14)15)4-3-7(9)5-10(13)16-11/h3-4,6,14-15H,5H2,1-2H3. The number of hydrogen-bond acceptors (Lipinski definition) is 4. The van der Waals surface area contributed by atoms with Crippen LogP contribution >= 0.6 is 0 Å². The summed E-state index contributed by atoms with van der Waals surface area (Å²) in [5, 5.41) is 18.2. The molecule has 0 spiro atoms. The maximum absolute atomic E-state index is 11.3. The summed E-state index contributed by atoms with van der Waals surface area (Å²) in [6.07, 6.45) is 0.237. The van der Waals surface area contributed by atoms with E-state index >= 15 is 0 Å². The van der Waals surface area contributed by atoms with Crippen LogP contribution < -0.4 is 5.46 Å². The molecule has 0 saturated heterocycles. The fraction of sp³-hybridized carbons (Fsp3) is 0.364. The Balaban J connectivity index is 2.52. The van der Waals surface area contributed by atoms with Gasteiger partial charge in [-0.05, 0) is 30.4 Å². The predicted molar refractivity (Wildman–Crippen MR) is 59.1 cm³/mol. The Labute approximate surface area is 94.0 Å². The van der Waals surface area contributed by atoms with Crippen LogP contribution in [0.5, 0.6) is 0 Å². The molecular weight excluding hydrogens is 207 g/mol. The molecule has 1 aliphatic rings. The van der Waals surface area contributed by atoms with Crippen molar-refractivity contribution in [3.63, 3.8) is 0 Å². The van der Waals surface area contributed by atoms with Crippen LogP contribution in [0.3, 0.4) is 0 Å². The van der Waals surface area contributed by atoms with Crippen LogP contribution in [-0.2, 0) is 21.6 Å². The summed E-state index contributed by atoms with van der Waals surface area (Å²) in [5.41, 5.74) is 1.41. The highest BCUT2D eigenvalue weighted by molar-refractivity contribution is 6.58. The molecule has 1 aliphatic heterocycles. The van der Waals surface area contributed by atoms with Gasteiger partial charge in [-0.1, -0.05) is 18.2 Å². The van der Waals surface area contributed by atoms with Crippen molar-refractivity contribution in [2.45, 2.75) is 25.9 Å². The second kappa shape index (κ2) is 3.61. The molecule has 16 heavy (non-hydrogen) atoms. The Hall–Kier alpha value is -1.33. The molecule has 0 bridgehead atoms. The van der Waals surface area contributed by atoms with Gasteiger partial charge < -0.3 is 14.8 Å². The number of cyclic esters (lactones) is 1. The minimum Gasteiger partial charge on any atom is -0.455 e. The molecule has 1 heterocycles. The quantitative estimate of drug-likeness (QED) is 0.503. The number of esters is 1. The summed E-state index contributed by atoms with van der Waals surface area (Å²) >= 11 is 0. The van der Waals surface area contributed by atoms with Crippen LogP contribution in [0.4, 0.5) is 0 Å². The number of carbonyl (C=O) groups excluding carboxylic acids is 1. The molecule has 4 nitrogen and oxygen atoms in total. The number of benzene rings is 1. The lowest BCUT2D eigenvalue weighted by atomic mass is 9.76. The van der Waals surface area contributed by atoms with Gasteiger partial charge >= 0.3 is 13.1 Å². The van der Waals surface area contributed by atoms with Gasteiger partial charge in [-0.3, -0.25) is 4.79 Å². The van der Waals surface area contributed by atoms with Crippen molar-refractivity contribution in [3.05, 3.63) is 29.3 Å². The fourth-order valence-corrected chi connectivity index (χ4v) is 2.00. The average molecular weight is 220 g/mol. The number of hydrogen-bond donors (Lipinski definition) is 2. The molecule has 0 unspecified atom stereocenters. The van der Waals surface area contributed by atoms with Gasteiger partial charge in [-0.25, -0.2) is 0 Å². The average Bonchev–Trinajstić information content (AvgIpc) is 2.15. The summed E-state index contributed by atoms with van der Waals surface area (Å²) < 4.78 is 5.23. The second-order valence-corrected chi connectivity index (χ2v) is 4.45. The first-order chi connectivity index (χ1) is 7.40.